The van der Waals surface area contributed by atoms with Crippen molar-refractivity contribution in [3.63, 3.8) is 0 Å². The minimum atomic E-state index is -1.12. The number of carboxylic acid groups (broad SMARTS) is 1. The van der Waals surface area contributed by atoms with E-state index < -0.39 is 5.97 Å². The summed E-state index contributed by atoms with van der Waals surface area (Å²) in [5.74, 6) is 4.36. The van der Waals surface area contributed by atoms with Gasteiger partial charge < -0.3 is 9.84 Å². The van der Waals surface area contributed by atoms with Crippen LogP contribution in [0.5, 0.6) is 5.75 Å². The molecule has 0 atom stereocenters. The standard InChI is InChI=1S/C19H26O3/c1-2-3-4-5-6-7-8-9-16-22-18-13-10-17(11-14-18)12-15-19(20)21/h10-11,13-14H,2-9,16H2,1H3,(H,20,21). The zero-order chi connectivity index (χ0) is 16.0. The van der Waals surface area contributed by atoms with Gasteiger partial charge in [0.15, 0.2) is 0 Å². The van der Waals surface area contributed by atoms with Crippen LogP contribution in [0.3, 0.4) is 0 Å². The van der Waals surface area contributed by atoms with Crippen molar-refractivity contribution in [2.24, 2.45) is 0 Å². The highest BCUT2D eigenvalue weighted by molar-refractivity contribution is 5.87. The van der Waals surface area contributed by atoms with Gasteiger partial charge in [-0.25, -0.2) is 4.79 Å². The molecule has 3 heteroatoms. The molecule has 0 aliphatic carbocycles. The van der Waals surface area contributed by atoms with Crippen LogP contribution in [0.25, 0.3) is 0 Å². The summed E-state index contributed by atoms with van der Waals surface area (Å²) in [7, 11) is 0. The Labute approximate surface area is 133 Å². The van der Waals surface area contributed by atoms with Crippen molar-refractivity contribution in [1.82, 2.24) is 0 Å². The number of unbranched alkanes of at least 4 members (excludes halogenated alkanes) is 7. The Morgan fingerprint density at radius 1 is 1.00 bits per heavy atom. The molecule has 1 rings (SSSR count). The highest BCUT2D eigenvalue weighted by atomic mass is 16.5. The van der Waals surface area contributed by atoms with Crippen LogP contribution >= 0.6 is 0 Å². The lowest BCUT2D eigenvalue weighted by atomic mass is 10.1. The van der Waals surface area contributed by atoms with Crippen LogP contribution in [-0.2, 0) is 4.79 Å². The van der Waals surface area contributed by atoms with E-state index in [-0.39, 0.29) is 0 Å². The number of aliphatic carboxylic acids is 1. The van der Waals surface area contributed by atoms with Gasteiger partial charge in [0.25, 0.3) is 0 Å². The number of hydrogen-bond donors (Lipinski definition) is 1. The third kappa shape index (κ3) is 9.07. The van der Waals surface area contributed by atoms with Crippen molar-refractivity contribution < 1.29 is 14.6 Å². The van der Waals surface area contributed by atoms with Gasteiger partial charge in [-0.1, -0.05) is 57.8 Å². The molecule has 0 heterocycles. The fourth-order valence-corrected chi connectivity index (χ4v) is 2.19. The van der Waals surface area contributed by atoms with E-state index in [0.29, 0.717) is 5.56 Å². The SMILES string of the molecule is CCCCCCCCCCOc1ccc(C#CC(=O)O)cc1. The molecule has 0 spiro atoms. The highest BCUT2D eigenvalue weighted by Crippen LogP contribution is 2.13. The minimum absolute atomic E-state index is 0.682. The highest BCUT2D eigenvalue weighted by Gasteiger charge is 1.95. The van der Waals surface area contributed by atoms with Crippen LogP contribution in [0.2, 0.25) is 0 Å². The third-order valence-electron chi connectivity index (χ3n) is 3.43. The molecule has 0 bridgehead atoms. The molecule has 1 N–H and O–H groups in total. The van der Waals surface area contributed by atoms with Crippen LogP contribution in [0.4, 0.5) is 0 Å². The summed E-state index contributed by atoms with van der Waals surface area (Å²) < 4.78 is 5.67. The first-order valence-electron chi connectivity index (χ1n) is 8.20. The predicted molar refractivity (Wildman–Crippen MR) is 89.1 cm³/mol. The molecule has 0 unspecified atom stereocenters. The monoisotopic (exact) mass is 302 g/mol. The van der Waals surface area contributed by atoms with E-state index in [1.165, 1.54) is 44.9 Å². The topological polar surface area (TPSA) is 46.5 Å². The normalized spacial score (nSPS) is 9.86. The first-order chi connectivity index (χ1) is 10.7. The molecule has 0 radical (unpaired) electrons. The van der Waals surface area contributed by atoms with Gasteiger partial charge in [-0.2, -0.15) is 0 Å². The fourth-order valence-electron chi connectivity index (χ4n) is 2.19. The van der Waals surface area contributed by atoms with Gasteiger partial charge >= 0.3 is 5.97 Å². The lowest BCUT2D eigenvalue weighted by Gasteiger charge is -2.06. The van der Waals surface area contributed by atoms with Crippen LogP contribution in [0.15, 0.2) is 24.3 Å². The number of carbonyl (C=O) groups is 1. The molecule has 0 fully saturated rings. The number of benzene rings is 1. The Morgan fingerprint density at radius 2 is 1.59 bits per heavy atom. The van der Waals surface area contributed by atoms with E-state index in [1.54, 1.807) is 12.1 Å². The Balaban J connectivity index is 2.10. The molecule has 3 nitrogen and oxygen atoms in total. The largest absolute Gasteiger partial charge is 0.494 e. The second-order valence-corrected chi connectivity index (χ2v) is 5.40. The smallest absolute Gasteiger partial charge is 0.382 e. The average Bonchev–Trinajstić information content (AvgIpc) is 2.52. The fraction of sp³-hybridized carbons (Fsp3) is 0.526. The summed E-state index contributed by atoms with van der Waals surface area (Å²) in [6.45, 7) is 2.97. The number of ether oxygens (including phenoxy) is 1. The average molecular weight is 302 g/mol. The summed E-state index contributed by atoms with van der Waals surface area (Å²) in [5.41, 5.74) is 0.682. The van der Waals surface area contributed by atoms with Gasteiger partial charge in [0.2, 0.25) is 0 Å². The Hall–Kier alpha value is -1.95. The van der Waals surface area contributed by atoms with E-state index >= 15 is 0 Å². The maximum atomic E-state index is 10.3. The third-order valence-corrected chi connectivity index (χ3v) is 3.43. The van der Waals surface area contributed by atoms with Crippen molar-refractivity contribution in [2.75, 3.05) is 6.61 Å². The summed E-state index contributed by atoms with van der Waals surface area (Å²) in [6.07, 6.45) is 10.3. The summed E-state index contributed by atoms with van der Waals surface area (Å²) in [5, 5.41) is 8.48. The van der Waals surface area contributed by atoms with Crippen LogP contribution < -0.4 is 4.74 Å². The van der Waals surface area contributed by atoms with Gasteiger partial charge in [0.05, 0.1) is 6.61 Å². The molecule has 120 valence electrons. The number of hydrogen-bond acceptors (Lipinski definition) is 2. The van der Waals surface area contributed by atoms with Crippen molar-refractivity contribution in [3.8, 4) is 17.6 Å². The van der Waals surface area contributed by atoms with E-state index in [4.69, 9.17) is 9.84 Å². The van der Waals surface area contributed by atoms with E-state index in [2.05, 4.69) is 18.8 Å². The molecule has 0 saturated carbocycles. The molecule has 0 aliphatic rings. The van der Waals surface area contributed by atoms with Crippen LogP contribution in [0.1, 0.15) is 63.9 Å². The molecule has 0 amide bonds. The number of carboxylic acids is 1. The molecule has 0 aromatic heterocycles. The number of rotatable bonds is 10. The van der Waals surface area contributed by atoms with Gasteiger partial charge in [0.1, 0.15) is 5.75 Å². The minimum Gasteiger partial charge on any atom is -0.494 e. The molecule has 0 aliphatic heterocycles. The van der Waals surface area contributed by atoms with Gasteiger partial charge in [0, 0.05) is 11.5 Å². The summed E-state index contributed by atoms with van der Waals surface area (Å²) >= 11 is 0. The quantitative estimate of drug-likeness (QED) is 0.506. The summed E-state index contributed by atoms with van der Waals surface area (Å²) in [6, 6.07) is 7.21. The lowest BCUT2D eigenvalue weighted by molar-refractivity contribution is -0.130. The molecular formula is C19H26O3. The lowest BCUT2D eigenvalue weighted by Crippen LogP contribution is -1.97. The predicted octanol–water partition coefficient (Wildman–Crippen LogP) is 4.64. The Kier molecular flexibility index (Phi) is 9.61. The Bertz CT molecular complexity index is 480. The van der Waals surface area contributed by atoms with Crippen molar-refractivity contribution in [1.29, 1.82) is 0 Å². The van der Waals surface area contributed by atoms with Crippen molar-refractivity contribution >= 4 is 5.97 Å². The van der Waals surface area contributed by atoms with Gasteiger partial charge in [-0.15, -0.1) is 0 Å². The maximum Gasteiger partial charge on any atom is 0.382 e. The molecule has 1 aromatic carbocycles. The molecule has 22 heavy (non-hydrogen) atoms. The van der Waals surface area contributed by atoms with Crippen molar-refractivity contribution in [3.05, 3.63) is 29.8 Å². The molecular weight excluding hydrogens is 276 g/mol. The second-order valence-electron chi connectivity index (χ2n) is 5.40. The van der Waals surface area contributed by atoms with E-state index in [0.717, 1.165) is 18.8 Å². The Morgan fingerprint density at radius 3 is 2.18 bits per heavy atom. The zero-order valence-electron chi connectivity index (χ0n) is 13.4. The van der Waals surface area contributed by atoms with Gasteiger partial charge in [-0.3, -0.25) is 0 Å². The molecule has 0 saturated heterocycles. The first kappa shape index (κ1) is 18.1. The van der Waals surface area contributed by atoms with Gasteiger partial charge in [-0.05, 0) is 30.7 Å². The van der Waals surface area contributed by atoms with Crippen LogP contribution in [0, 0.1) is 11.8 Å². The second kappa shape index (κ2) is 11.7. The van der Waals surface area contributed by atoms with E-state index in [1.807, 2.05) is 12.1 Å². The van der Waals surface area contributed by atoms with E-state index in [9.17, 15) is 4.79 Å². The summed E-state index contributed by atoms with van der Waals surface area (Å²) in [4.78, 5) is 10.3. The first-order valence-corrected chi connectivity index (χ1v) is 8.20. The zero-order valence-corrected chi connectivity index (χ0v) is 13.4. The maximum absolute atomic E-state index is 10.3. The van der Waals surface area contributed by atoms with Crippen molar-refractivity contribution in [2.45, 2.75) is 58.3 Å². The molecule has 1 aromatic rings. The van der Waals surface area contributed by atoms with Crippen LogP contribution in [-0.4, -0.2) is 17.7 Å².